The van der Waals surface area contributed by atoms with Gasteiger partial charge in [0.05, 0.1) is 4.83 Å². The average molecular weight is 779 g/mol. The summed E-state index contributed by atoms with van der Waals surface area (Å²) in [5.41, 5.74) is 17.8. The van der Waals surface area contributed by atoms with Crippen LogP contribution in [0.25, 0.3) is 86.2 Å². The smallest absolute Gasteiger partial charge is 0.337 e. The van der Waals surface area contributed by atoms with Gasteiger partial charge in [0.15, 0.2) is 0 Å². The Morgan fingerprint density at radius 1 is 0.576 bits per heavy atom. The Bertz CT molecular complexity index is 3720. The summed E-state index contributed by atoms with van der Waals surface area (Å²) < 4.78 is 18.2. The number of hydrogen-bond donors (Lipinski definition) is 0. The van der Waals surface area contributed by atoms with Gasteiger partial charge in [-0.3, -0.25) is 0 Å². The van der Waals surface area contributed by atoms with Crippen molar-refractivity contribution in [3.63, 3.8) is 0 Å². The molecule has 7 aromatic carbocycles. The Kier molecular flexibility index (Phi) is 5.92. The van der Waals surface area contributed by atoms with Gasteiger partial charge in [0.2, 0.25) is 0 Å². The summed E-state index contributed by atoms with van der Waals surface area (Å²) in [7, 11) is 0. The Labute approximate surface area is 345 Å². The molecule has 59 heavy (non-hydrogen) atoms. The molecule has 6 heterocycles. The summed E-state index contributed by atoms with van der Waals surface area (Å²) in [5, 5.41) is 8.50. The number of benzene rings is 7. The van der Waals surface area contributed by atoms with Crippen molar-refractivity contribution in [1.82, 2.24) is 4.48 Å². The summed E-state index contributed by atoms with van der Waals surface area (Å²) in [6.07, 6.45) is 2.33. The fourth-order valence-electron chi connectivity index (χ4n) is 11.6. The van der Waals surface area contributed by atoms with Crippen molar-refractivity contribution in [2.45, 2.75) is 58.3 Å². The molecule has 3 aliphatic rings. The van der Waals surface area contributed by atoms with Crippen molar-refractivity contribution >= 4 is 121 Å². The Balaban J connectivity index is 1.22. The molecule has 4 nitrogen and oxygen atoms in total. The molecular formula is C53H39BN2O2S. The number of aromatic nitrogens is 1. The third-order valence-electron chi connectivity index (χ3n) is 14.6. The molecule has 0 saturated heterocycles. The lowest BCUT2D eigenvalue weighted by Crippen LogP contribution is -2.57. The standard InChI is InChI=1S/C53H39BN2O2S/c1-28-25-36-37(53(4,5)24-23-52(36,2)3)27-39(28)55-38-22-21-31-29-13-6-9-18-41(29)58-50(31)47(38)54-46-40(55)26-35-30-14-7-10-19-42(30)57-49(35)45(46)34-17-12-16-33-44-32-15-8-11-20-43(32)59-51(44)56(54)48(33)34/h6-22,25-27H,23-24H2,1-5H3. The molecule has 11 aromatic rings. The summed E-state index contributed by atoms with van der Waals surface area (Å²) in [4.78, 5) is 3.89. The molecule has 4 aromatic heterocycles. The predicted octanol–water partition coefficient (Wildman–Crippen LogP) is 13.9. The molecule has 0 unspecified atom stereocenters. The predicted molar refractivity (Wildman–Crippen MR) is 250 cm³/mol. The van der Waals surface area contributed by atoms with Crippen LogP contribution in [0.4, 0.5) is 17.1 Å². The van der Waals surface area contributed by atoms with Crippen molar-refractivity contribution in [3.8, 4) is 11.1 Å². The highest BCUT2D eigenvalue weighted by atomic mass is 32.1. The molecule has 0 bridgehead atoms. The molecular weight excluding hydrogens is 739 g/mol. The van der Waals surface area contributed by atoms with Crippen molar-refractivity contribution in [3.05, 3.63) is 138 Å². The highest BCUT2D eigenvalue weighted by molar-refractivity contribution is 7.26. The van der Waals surface area contributed by atoms with Gasteiger partial charge >= 0.3 is 6.85 Å². The first-order chi connectivity index (χ1) is 28.7. The second kappa shape index (κ2) is 10.7. The molecule has 0 radical (unpaired) electrons. The minimum absolute atomic E-state index is 0.0454. The van der Waals surface area contributed by atoms with Gasteiger partial charge in [0.25, 0.3) is 0 Å². The minimum Gasteiger partial charge on any atom is -0.456 e. The molecule has 0 N–H and O–H groups in total. The van der Waals surface area contributed by atoms with Gasteiger partial charge in [0.1, 0.15) is 22.3 Å². The van der Waals surface area contributed by atoms with E-state index in [0.717, 1.165) is 50.3 Å². The van der Waals surface area contributed by atoms with Crippen LogP contribution in [0.5, 0.6) is 0 Å². The zero-order valence-electron chi connectivity index (χ0n) is 33.7. The number of thiophene rings is 1. The SMILES string of the molecule is Cc1cc2c(cc1N1c3cc4c(oc5ccccc54)c4c3B(c3c1ccc1c3oc3ccccc31)n1c3sc5ccccc5c3c3cccc-4c31)C(C)(C)CCC2(C)C. The number of fused-ring (bicyclic) bond motifs is 18. The molecule has 0 amide bonds. The van der Waals surface area contributed by atoms with E-state index in [1.807, 2.05) is 11.3 Å². The van der Waals surface area contributed by atoms with Crippen LogP contribution >= 0.6 is 11.3 Å². The molecule has 0 atom stereocenters. The maximum atomic E-state index is 7.13. The lowest BCUT2D eigenvalue weighted by atomic mass is 9.44. The number of hydrogen-bond acceptors (Lipinski definition) is 4. The zero-order chi connectivity index (χ0) is 39.3. The van der Waals surface area contributed by atoms with Crippen LogP contribution in [0, 0.1) is 6.92 Å². The highest BCUT2D eigenvalue weighted by Gasteiger charge is 2.47. The quantitative estimate of drug-likeness (QED) is 0.156. The van der Waals surface area contributed by atoms with Gasteiger partial charge in [-0.2, -0.15) is 0 Å². The van der Waals surface area contributed by atoms with Gasteiger partial charge in [-0.25, -0.2) is 0 Å². The molecule has 6 heteroatoms. The van der Waals surface area contributed by atoms with E-state index in [0.29, 0.717) is 0 Å². The third kappa shape index (κ3) is 3.92. The number of furan rings is 2. The minimum atomic E-state index is -0.176. The van der Waals surface area contributed by atoms with Crippen LogP contribution in [-0.2, 0) is 10.8 Å². The topological polar surface area (TPSA) is 34.5 Å². The molecule has 0 spiro atoms. The summed E-state index contributed by atoms with van der Waals surface area (Å²) in [5.74, 6) is 0. The lowest BCUT2D eigenvalue weighted by molar-refractivity contribution is 0.332. The Morgan fingerprint density at radius 3 is 2.02 bits per heavy atom. The first-order valence-corrected chi connectivity index (χ1v) is 21.8. The highest BCUT2D eigenvalue weighted by Crippen LogP contribution is 2.54. The van der Waals surface area contributed by atoms with Crippen molar-refractivity contribution < 1.29 is 8.83 Å². The number of anilines is 3. The van der Waals surface area contributed by atoms with Crippen molar-refractivity contribution in [1.29, 1.82) is 0 Å². The number of nitrogens with zero attached hydrogens (tertiary/aromatic N) is 2. The monoisotopic (exact) mass is 778 g/mol. The maximum Gasteiger partial charge on any atom is 0.337 e. The molecule has 14 rings (SSSR count). The fourth-order valence-corrected chi connectivity index (χ4v) is 12.9. The van der Waals surface area contributed by atoms with E-state index in [1.54, 1.807) is 0 Å². The summed E-state index contributed by atoms with van der Waals surface area (Å²) in [6.45, 7) is 11.9. The Morgan fingerprint density at radius 2 is 1.24 bits per heavy atom. The molecule has 1 aliphatic carbocycles. The molecule has 282 valence electrons. The maximum absolute atomic E-state index is 7.13. The molecule has 0 saturated carbocycles. The van der Waals surface area contributed by atoms with Gasteiger partial charge in [0, 0.05) is 81.6 Å². The van der Waals surface area contributed by atoms with Crippen LogP contribution in [0.3, 0.4) is 0 Å². The van der Waals surface area contributed by atoms with Gasteiger partial charge in [-0.1, -0.05) is 107 Å². The Hall–Kier alpha value is -6.24. The molecule has 2 aliphatic heterocycles. The largest absolute Gasteiger partial charge is 0.456 e. The first kappa shape index (κ1) is 32.7. The van der Waals surface area contributed by atoms with E-state index in [2.05, 4.69) is 165 Å². The van der Waals surface area contributed by atoms with Crippen LogP contribution in [0.15, 0.2) is 130 Å². The number of rotatable bonds is 1. The van der Waals surface area contributed by atoms with E-state index >= 15 is 0 Å². The van der Waals surface area contributed by atoms with E-state index in [4.69, 9.17) is 8.83 Å². The van der Waals surface area contributed by atoms with Gasteiger partial charge in [-0.15, -0.1) is 11.3 Å². The summed E-state index contributed by atoms with van der Waals surface area (Å²) in [6, 6.07) is 45.2. The van der Waals surface area contributed by atoms with E-state index in [1.165, 1.54) is 93.4 Å². The first-order valence-electron chi connectivity index (χ1n) is 21.0. The fraction of sp³-hybridized carbons (Fsp3) is 0.170. The van der Waals surface area contributed by atoms with Crippen LogP contribution in [0.2, 0.25) is 0 Å². The van der Waals surface area contributed by atoms with Crippen molar-refractivity contribution in [2.24, 2.45) is 0 Å². The zero-order valence-corrected chi connectivity index (χ0v) is 34.5. The van der Waals surface area contributed by atoms with E-state index in [-0.39, 0.29) is 17.7 Å². The van der Waals surface area contributed by atoms with Gasteiger partial charge in [-0.05, 0) is 95.2 Å². The van der Waals surface area contributed by atoms with E-state index < -0.39 is 0 Å². The average Bonchev–Trinajstić information content (AvgIpc) is 4.00. The molecule has 0 fully saturated rings. The second-order valence-electron chi connectivity index (χ2n) is 18.7. The summed E-state index contributed by atoms with van der Waals surface area (Å²) >= 11 is 1.91. The second-order valence-corrected chi connectivity index (χ2v) is 19.7. The van der Waals surface area contributed by atoms with Crippen LogP contribution in [-0.4, -0.2) is 11.3 Å². The number of aryl methyl sites for hydroxylation is 1. The number of para-hydroxylation sites is 3. The lowest BCUT2D eigenvalue weighted by Gasteiger charge is -2.44. The van der Waals surface area contributed by atoms with Crippen LogP contribution in [0.1, 0.15) is 57.2 Å². The van der Waals surface area contributed by atoms with E-state index in [9.17, 15) is 0 Å². The third-order valence-corrected chi connectivity index (χ3v) is 15.7. The van der Waals surface area contributed by atoms with Crippen molar-refractivity contribution in [2.75, 3.05) is 4.90 Å². The van der Waals surface area contributed by atoms with Crippen LogP contribution < -0.4 is 15.8 Å². The van der Waals surface area contributed by atoms with Gasteiger partial charge < -0.3 is 18.2 Å². The normalized spacial score (nSPS) is 16.3.